The van der Waals surface area contributed by atoms with E-state index < -0.39 is 4.92 Å². The lowest BCUT2D eigenvalue weighted by Crippen LogP contribution is -2.39. The van der Waals surface area contributed by atoms with Crippen molar-refractivity contribution in [2.75, 3.05) is 26.2 Å². The number of halogens is 2. The molecule has 2 aromatic heterocycles. The smallest absolute Gasteiger partial charge is 0.294 e. The van der Waals surface area contributed by atoms with Crippen LogP contribution in [0.2, 0.25) is 10.0 Å². The van der Waals surface area contributed by atoms with Gasteiger partial charge in [0.05, 0.1) is 19.9 Å². The minimum atomic E-state index is -0.533. The minimum absolute atomic E-state index is 0.0513. The summed E-state index contributed by atoms with van der Waals surface area (Å²) in [6, 6.07) is 1.26. The Morgan fingerprint density at radius 1 is 1.31 bits per heavy atom. The number of hydrogen-bond acceptors (Lipinski definition) is 8. The number of primary amides is 1. The summed E-state index contributed by atoms with van der Waals surface area (Å²) in [5.74, 6) is -0.665. The third-order valence-corrected chi connectivity index (χ3v) is 8.28. The van der Waals surface area contributed by atoms with Crippen LogP contribution in [0, 0.1) is 16.0 Å². The van der Waals surface area contributed by atoms with E-state index >= 15 is 0 Å². The largest absolute Gasteiger partial charge is 0.369 e. The summed E-state index contributed by atoms with van der Waals surface area (Å²) in [5.41, 5.74) is 5.17. The number of nitro groups is 1. The van der Waals surface area contributed by atoms with Gasteiger partial charge in [0.15, 0.2) is 0 Å². The number of pyridine rings is 1. The Labute approximate surface area is 202 Å². The standard InChI is InChI=1S/C19H21Cl2N5O4S2/c20-12-9-23-10-13(21)16(12)32-19-14(26(29)30)8-15(31-19)18(28)24-4-1-5-25-6-2-11(3-7-25)17(22)27/h8-11H,1-7H2,(H2,22,27)(H,24,28). The fourth-order valence-corrected chi connectivity index (χ4v) is 6.08. The van der Waals surface area contributed by atoms with Gasteiger partial charge in [-0.1, -0.05) is 35.0 Å². The quantitative estimate of drug-likeness (QED) is 0.293. The predicted octanol–water partition coefficient (Wildman–Crippen LogP) is 3.83. The number of nitrogens with two attached hydrogens (primary N) is 1. The minimum Gasteiger partial charge on any atom is -0.369 e. The van der Waals surface area contributed by atoms with E-state index in [1.54, 1.807) is 0 Å². The number of thiophene rings is 1. The van der Waals surface area contributed by atoms with Gasteiger partial charge >= 0.3 is 0 Å². The van der Waals surface area contributed by atoms with Crippen molar-refractivity contribution in [1.82, 2.24) is 15.2 Å². The number of amides is 2. The Balaban J connectivity index is 1.55. The number of likely N-dealkylation sites (tertiary alicyclic amines) is 1. The molecule has 1 aliphatic rings. The molecule has 0 saturated carbocycles. The molecular weight excluding hydrogens is 497 g/mol. The third-order valence-electron chi connectivity index (χ3n) is 5.03. The average molecular weight is 518 g/mol. The molecule has 0 bridgehead atoms. The molecule has 13 heteroatoms. The van der Waals surface area contributed by atoms with Crippen LogP contribution in [0.5, 0.6) is 0 Å². The van der Waals surface area contributed by atoms with Crippen LogP contribution in [0.25, 0.3) is 0 Å². The number of carbonyl (C=O) groups excluding carboxylic acids is 2. The highest BCUT2D eigenvalue weighted by Gasteiger charge is 2.25. The number of rotatable bonds is 9. The second kappa shape index (κ2) is 11.3. The fraction of sp³-hybridized carbons (Fsp3) is 0.421. The lowest BCUT2D eigenvalue weighted by atomic mass is 9.96. The van der Waals surface area contributed by atoms with Crippen molar-refractivity contribution in [3.63, 3.8) is 0 Å². The molecule has 2 amide bonds. The van der Waals surface area contributed by atoms with Crippen molar-refractivity contribution in [3.8, 4) is 0 Å². The summed E-state index contributed by atoms with van der Waals surface area (Å²) in [6.07, 6.45) is 5.04. The SMILES string of the molecule is NC(=O)C1CCN(CCCNC(=O)c2cc([N+](=O)[O-])c(Sc3c(Cl)cncc3Cl)s2)CC1. The van der Waals surface area contributed by atoms with Gasteiger partial charge in [-0.05, 0) is 38.9 Å². The molecule has 0 spiro atoms. The fourth-order valence-electron chi connectivity index (χ4n) is 3.30. The Hall–Kier alpha value is -1.92. The monoisotopic (exact) mass is 517 g/mol. The van der Waals surface area contributed by atoms with Crippen molar-refractivity contribution in [2.45, 2.75) is 28.4 Å². The topological polar surface area (TPSA) is 131 Å². The van der Waals surface area contributed by atoms with E-state index in [1.807, 2.05) is 0 Å². The molecule has 3 rings (SSSR count). The number of nitrogens with zero attached hydrogens (tertiary/aromatic N) is 3. The van der Waals surface area contributed by atoms with Crippen molar-refractivity contribution in [2.24, 2.45) is 11.7 Å². The van der Waals surface area contributed by atoms with Crippen molar-refractivity contribution < 1.29 is 14.5 Å². The highest BCUT2D eigenvalue weighted by Crippen LogP contribution is 2.45. The highest BCUT2D eigenvalue weighted by molar-refractivity contribution is 8.01. The van der Waals surface area contributed by atoms with Gasteiger partial charge in [-0.15, -0.1) is 11.3 Å². The van der Waals surface area contributed by atoms with Crippen molar-refractivity contribution in [3.05, 3.63) is 43.5 Å². The lowest BCUT2D eigenvalue weighted by Gasteiger charge is -2.30. The summed E-state index contributed by atoms with van der Waals surface area (Å²) in [7, 11) is 0. The summed E-state index contributed by atoms with van der Waals surface area (Å²) < 4.78 is 0.312. The van der Waals surface area contributed by atoms with E-state index in [1.165, 1.54) is 18.5 Å². The van der Waals surface area contributed by atoms with Gasteiger partial charge in [-0.2, -0.15) is 0 Å². The third kappa shape index (κ3) is 6.32. The summed E-state index contributed by atoms with van der Waals surface area (Å²) in [6.45, 7) is 2.83. The maximum atomic E-state index is 12.5. The van der Waals surface area contributed by atoms with Crippen LogP contribution in [-0.4, -0.2) is 52.8 Å². The molecule has 0 aliphatic carbocycles. The van der Waals surface area contributed by atoms with E-state index in [0.29, 0.717) is 15.6 Å². The highest BCUT2D eigenvalue weighted by atomic mass is 35.5. The molecule has 1 saturated heterocycles. The van der Waals surface area contributed by atoms with E-state index in [2.05, 4.69) is 15.2 Å². The van der Waals surface area contributed by atoms with Gasteiger partial charge in [0.25, 0.3) is 11.6 Å². The number of hydrogen-bond donors (Lipinski definition) is 2. The Morgan fingerprint density at radius 3 is 2.56 bits per heavy atom. The Kier molecular flexibility index (Phi) is 8.72. The van der Waals surface area contributed by atoms with E-state index in [-0.39, 0.29) is 38.3 Å². The maximum absolute atomic E-state index is 12.5. The van der Waals surface area contributed by atoms with Crippen LogP contribution in [-0.2, 0) is 4.79 Å². The van der Waals surface area contributed by atoms with Crippen LogP contribution >= 0.6 is 46.3 Å². The van der Waals surface area contributed by atoms with Crippen LogP contribution < -0.4 is 11.1 Å². The maximum Gasteiger partial charge on any atom is 0.294 e. The summed E-state index contributed by atoms with van der Waals surface area (Å²) >= 11 is 14.3. The second-order valence-electron chi connectivity index (χ2n) is 7.20. The number of carbonyl (C=O) groups is 2. The Bertz CT molecular complexity index is 991. The normalized spacial score (nSPS) is 14.9. The zero-order valence-corrected chi connectivity index (χ0v) is 20.0. The van der Waals surface area contributed by atoms with Gasteiger partial charge < -0.3 is 16.0 Å². The number of nitrogens with one attached hydrogen (secondary N) is 1. The molecule has 0 radical (unpaired) electrons. The van der Waals surface area contributed by atoms with Gasteiger partial charge in [-0.3, -0.25) is 24.7 Å². The Morgan fingerprint density at radius 2 is 1.97 bits per heavy atom. The number of piperidine rings is 1. The molecule has 0 aromatic carbocycles. The van der Waals surface area contributed by atoms with Crippen LogP contribution in [0.4, 0.5) is 5.69 Å². The van der Waals surface area contributed by atoms with Crippen molar-refractivity contribution in [1.29, 1.82) is 0 Å². The molecule has 2 aromatic rings. The first kappa shape index (κ1) is 24.7. The first-order valence-electron chi connectivity index (χ1n) is 9.81. The van der Waals surface area contributed by atoms with E-state index in [0.717, 1.165) is 62.0 Å². The number of aromatic nitrogens is 1. The van der Waals surface area contributed by atoms with Gasteiger partial charge in [0.2, 0.25) is 5.91 Å². The molecule has 1 fully saturated rings. The zero-order valence-electron chi connectivity index (χ0n) is 16.9. The molecular formula is C19H21Cl2N5O4S2. The average Bonchev–Trinajstić information content (AvgIpc) is 3.18. The van der Waals surface area contributed by atoms with Crippen LogP contribution in [0.1, 0.15) is 28.9 Å². The predicted molar refractivity (Wildman–Crippen MR) is 125 cm³/mol. The molecule has 172 valence electrons. The molecule has 0 atom stereocenters. The molecule has 9 nitrogen and oxygen atoms in total. The second-order valence-corrected chi connectivity index (χ2v) is 10.3. The van der Waals surface area contributed by atoms with E-state index in [9.17, 15) is 19.7 Å². The molecule has 3 heterocycles. The molecule has 32 heavy (non-hydrogen) atoms. The molecule has 3 N–H and O–H groups in total. The zero-order chi connectivity index (χ0) is 23.3. The molecule has 1 aliphatic heterocycles. The van der Waals surface area contributed by atoms with E-state index in [4.69, 9.17) is 28.9 Å². The summed E-state index contributed by atoms with van der Waals surface area (Å²) in [4.78, 5) is 41.5. The van der Waals surface area contributed by atoms with Gasteiger partial charge in [0.1, 0.15) is 9.09 Å². The van der Waals surface area contributed by atoms with Gasteiger partial charge in [-0.25, -0.2) is 0 Å². The van der Waals surface area contributed by atoms with Crippen LogP contribution in [0.3, 0.4) is 0 Å². The summed E-state index contributed by atoms with van der Waals surface area (Å²) in [5, 5.41) is 14.8. The van der Waals surface area contributed by atoms with Gasteiger partial charge in [0, 0.05) is 30.9 Å². The first-order valence-corrected chi connectivity index (χ1v) is 12.2. The lowest BCUT2D eigenvalue weighted by molar-refractivity contribution is -0.387. The first-order chi connectivity index (χ1) is 15.3. The molecule has 0 unspecified atom stereocenters. The van der Waals surface area contributed by atoms with Crippen LogP contribution in [0.15, 0.2) is 27.6 Å². The van der Waals surface area contributed by atoms with Crippen molar-refractivity contribution >= 4 is 63.8 Å².